The van der Waals surface area contributed by atoms with E-state index in [0.29, 0.717) is 30.4 Å². The summed E-state index contributed by atoms with van der Waals surface area (Å²) in [6, 6.07) is 13.7. The molecular formula is C25H28N2O6S. The van der Waals surface area contributed by atoms with E-state index >= 15 is 0 Å². The fourth-order valence-corrected chi connectivity index (χ4v) is 5.61. The van der Waals surface area contributed by atoms with E-state index in [9.17, 15) is 13.2 Å². The van der Waals surface area contributed by atoms with Gasteiger partial charge in [-0.3, -0.25) is 0 Å². The number of carbonyl (C=O) groups excluding carboxylic acids is 1. The third-order valence-electron chi connectivity index (χ3n) is 5.84. The van der Waals surface area contributed by atoms with Gasteiger partial charge in [-0.05, 0) is 50.1 Å². The van der Waals surface area contributed by atoms with Gasteiger partial charge in [0.1, 0.15) is 28.7 Å². The van der Waals surface area contributed by atoms with Crippen molar-refractivity contribution in [2.75, 3.05) is 20.2 Å². The summed E-state index contributed by atoms with van der Waals surface area (Å²) >= 11 is 0. The Morgan fingerprint density at radius 3 is 2.44 bits per heavy atom. The average molecular weight is 485 g/mol. The molecule has 0 atom stereocenters. The summed E-state index contributed by atoms with van der Waals surface area (Å²) < 4.78 is 44.6. The van der Waals surface area contributed by atoms with Crippen molar-refractivity contribution in [2.45, 2.75) is 44.1 Å². The van der Waals surface area contributed by atoms with Crippen LogP contribution in [0.5, 0.6) is 5.75 Å². The van der Waals surface area contributed by atoms with Gasteiger partial charge in [0.2, 0.25) is 15.9 Å². The van der Waals surface area contributed by atoms with Crippen molar-refractivity contribution in [3.05, 3.63) is 65.5 Å². The van der Waals surface area contributed by atoms with E-state index in [2.05, 4.69) is 4.98 Å². The molecule has 0 bridgehead atoms. The minimum Gasteiger partial charge on any atom is -0.495 e. The fraction of sp³-hybridized carbons (Fsp3) is 0.360. The summed E-state index contributed by atoms with van der Waals surface area (Å²) in [5, 5.41) is 0. The molecule has 9 heteroatoms. The van der Waals surface area contributed by atoms with E-state index in [-0.39, 0.29) is 22.8 Å². The maximum Gasteiger partial charge on any atom is 0.338 e. The van der Waals surface area contributed by atoms with Crippen LogP contribution >= 0.6 is 0 Å². The van der Waals surface area contributed by atoms with Crippen LogP contribution in [0.25, 0.3) is 11.5 Å². The van der Waals surface area contributed by atoms with Crippen molar-refractivity contribution in [3.8, 4) is 17.2 Å². The Kier molecular flexibility index (Phi) is 7.33. The van der Waals surface area contributed by atoms with Crippen molar-refractivity contribution in [1.82, 2.24) is 9.29 Å². The highest BCUT2D eigenvalue weighted by atomic mass is 32.2. The SMILES string of the molecule is COc1ccc(C(=O)OCc2nc(-c3ccccc3)oc2C)cc1S(=O)(=O)N1CCCCCC1. The van der Waals surface area contributed by atoms with E-state index < -0.39 is 16.0 Å². The number of esters is 1. The highest BCUT2D eigenvalue weighted by Crippen LogP contribution is 2.30. The lowest BCUT2D eigenvalue weighted by atomic mass is 10.2. The molecule has 8 nitrogen and oxygen atoms in total. The molecule has 1 saturated heterocycles. The number of methoxy groups -OCH3 is 1. The lowest BCUT2D eigenvalue weighted by molar-refractivity contribution is 0.0466. The third kappa shape index (κ3) is 5.15. The minimum absolute atomic E-state index is 0.0321. The predicted molar refractivity (Wildman–Crippen MR) is 126 cm³/mol. The normalized spacial score (nSPS) is 15.0. The molecule has 2 heterocycles. The average Bonchev–Trinajstić information content (AvgIpc) is 3.04. The molecular weight excluding hydrogens is 456 g/mol. The second-order valence-corrected chi connectivity index (χ2v) is 10.1. The molecule has 34 heavy (non-hydrogen) atoms. The first kappa shape index (κ1) is 24.0. The second-order valence-electron chi connectivity index (χ2n) is 8.15. The molecule has 0 N–H and O–H groups in total. The second kappa shape index (κ2) is 10.4. The molecule has 1 aliphatic heterocycles. The maximum atomic E-state index is 13.3. The molecule has 0 unspecified atom stereocenters. The summed E-state index contributed by atoms with van der Waals surface area (Å²) in [7, 11) is -2.40. The monoisotopic (exact) mass is 484 g/mol. The smallest absolute Gasteiger partial charge is 0.338 e. The molecule has 0 saturated carbocycles. The summed E-state index contributed by atoms with van der Waals surface area (Å²) in [5.41, 5.74) is 1.44. The van der Waals surface area contributed by atoms with E-state index in [0.717, 1.165) is 31.2 Å². The molecule has 4 rings (SSSR count). The van der Waals surface area contributed by atoms with Crippen LogP contribution in [0.1, 0.15) is 47.5 Å². The zero-order valence-corrected chi connectivity index (χ0v) is 20.1. The van der Waals surface area contributed by atoms with Crippen molar-refractivity contribution < 1.29 is 27.1 Å². The van der Waals surface area contributed by atoms with Gasteiger partial charge < -0.3 is 13.9 Å². The molecule has 3 aromatic rings. The fourth-order valence-electron chi connectivity index (χ4n) is 3.91. The van der Waals surface area contributed by atoms with Gasteiger partial charge in [0.25, 0.3) is 0 Å². The van der Waals surface area contributed by atoms with E-state index in [1.165, 1.54) is 29.6 Å². The van der Waals surface area contributed by atoms with Gasteiger partial charge in [0, 0.05) is 18.7 Å². The van der Waals surface area contributed by atoms with Crippen LogP contribution < -0.4 is 4.74 Å². The minimum atomic E-state index is -3.81. The van der Waals surface area contributed by atoms with E-state index in [4.69, 9.17) is 13.9 Å². The van der Waals surface area contributed by atoms with Crippen LogP contribution in [0.3, 0.4) is 0 Å². The van der Waals surface area contributed by atoms with Gasteiger partial charge in [0.15, 0.2) is 0 Å². The van der Waals surface area contributed by atoms with Gasteiger partial charge in [-0.25, -0.2) is 18.2 Å². The zero-order valence-electron chi connectivity index (χ0n) is 19.3. The van der Waals surface area contributed by atoms with Gasteiger partial charge in [-0.1, -0.05) is 31.0 Å². The molecule has 1 aromatic heterocycles. The predicted octanol–water partition coefficient (Wildman–Crippen LogP) is 4.58. The van der Waals surface area contributed by atoms with E-state index in [1.54, 1.807) is 6.92 Å². The number of ether oxygens (including phenoxy) is 2. The standard InChI is InChI=1S/C25H28N2O6S/c1-18-21(26-24(33-18)19-10-6-5-7-11-19)17-32-25(28)20-12-13-22(31-2)23(16-20)34(29,30)27-14-8-3-4-9-15-27/h5-7,10-13,16H,3-4,8-9,14-15,17H2,1-2H3. The molecule has 0 radical (unpaired) electrons. The van der Waals surface area contributed by atoms with Crippen LogP contribution in [-0.4, -0.2) is 43.9 Å². The Morgan fingerprint density at radius 1 is 1.06 bits per heavy atom. The van der Waals surface area contributed by atoms with Crippen LogP contribution in [-0.2, 0) is 21.4 Å². The zero-order chi connectivity index (χ0) is 24.1. The molecule has 2 aromatic carbocycles. The summed E-state index contributed by atoms with van der Waals surface area (Å²) in [6.07, 6.45) is 3.63. The maximum absolute atomic E-state index is 13.3. The van der Waals surface area contributed by atoms with Crippen LogP contribution in [0.2, 0.25) is 0 Å². The Balaban J connectivity index is 1.52. The number of rotatable bonds is 7. The first-order chi connectivity index (χ1) is 16.4. The van der Waals surface area contributed by atoms with E-state index in [1.807, 2.05) is 30.3 Å². The highest BCUT2D eigenvalue weighted by Gasteiger charge is 2.29. The Bertz CT molecular complexity index is 1250. The first-order valence-corrected chi connectivity index (χ1v) is 12.7. The molecule has 1 aliphatic rings. The van der Waals surface area contributed by atoms with Crippen molar-refractivity contribution >= 4 is 16.0 Å². The molecule has 0 spiro atoms. The number of aryl methyl sites for hydroxylation is 1. The summed E-state index contributed by atoms with van der Waals surface area (Å²) in [4.78, 5) is 17.2. The van der Waals surface area contributed by atoms with Crippen LogP contribution in [0.15, 0.2) is 57.8 Å². The summed E-state index contributed by atoms with van der Waals surface area (Å²) in [5.74, 6) is 0.532. The number of hydrogen-bond acceptors (Lipinski definition) is 7. The molecule has 1 fully saturated rings. The lowest BCUT2D eigenvalue weighted by Crippen LogP contribution is -2.32. The molecule has 0 amide bonds. The summed E-state index contributed by atoms with van der Waals surface area (Å²) in [6.45, 7) is 2.56. The number of hydrogen-bond donors (Lipinski definition) is 0. The third-order valence-corrected chi connectivity index (χ3v) is 7.76. The van der Waals surface area contributed by atoms with Gasteiger partial charge in [0.05, 0.1) is 12.7 Å². The number of sulfonamides is 1. The lowest BCUT2D eigenvalue weighted by Gasteiger charge is -2.21. The topological polar surface area (TPSA) is 98.9 Å². The molecule has 180 valence electrons. The van der Waals surface area contributed by atoms with Gasteiger partial charge >= 0.3 is 5.97 Å². The number of benzene rings is 2. The highest BCUT2D eigenvalue weighted by molar-refractivity contribution is 7.89. The van der Waals surface area contributed by atoms with Crippen LogP contribution in [0, 0.1) is 6.92 Å². The Hall–Kier alpha value is -3.17. The number of carbonyl (C=O) groups is 1. The van der Waals surface area contributed by atoms with Crippen molar-refractivity contribution in [1.29, 1.82) is 0 Å². The van der Waals surface area contributed by atoms with Gasteiger partial charge in [-0.2, -0.15) is 4.31 Å². The number of nitrogens with zero attached hydrogens (tertiary/aromatic N) is 2. The van der Waals surface area contributed by atoms with Crippen LogP contribution in [0.4, 0.5) is 0 Å². The first-order valence-electron chi connectivity index (χ1n) is 11.3. The van der Waals surface area contributed by atoms with Crippen molar-refractivity contribution in [3.63, 3.8) is 0 Å². The van der Waals surface area contributed by atoms with Crippen molar-refractivity contribution in [2.24, 2.45) is 0 Å². The van der Waals surface area contributed by atoms with Gasteiger partial charge in [-0.15, -0.1) is 0 Å². The Labute approximate surface area is 199 Å². The largest absolute Gasteiger partial charge is 0.495 e. The quantitative estimate of drug-likeness (QED) is 0.453. The Morgan fingerprint density at radius 2 is 1.76 bits per heavy atom. The number of aromatic nitrogens is 1. The number of oxazole rings is 1. The molecule has 0 aliphatic carbocycles.